The van der Waals surface area contributed by atoms with Gasteiger partial charge in [-0.25, -0.2) is 0 Å². The van der Waals surface area contributed by atoms with Crippen molar-refractivity contribution in [3.05, 3.63) is 0 Å². The zero-order valence-corrected chi connectivity index (χ0v) is 9.08. The second-order valence-electron chi connectivity index (χ2n) is 4.63. The van der Waals surface area contributed by atoms with Gasteiger partial charge in [0, 0.05) is 7.05 Å². The molecule has 1 heterocycles. The van der Waals surface area contributed by atoms with Gasteiger partial charge in [0.15, 0.2) is 5.96 Å². The average Bonchev–Trinajstić information content (AvgIpc) is 2.47. The minimum absolute atomic E-state index is 0.591. The SMILES string of the molecule is CN1C(N)=NCC1C1CCCCCC1. The first kappa shape index (κ1) is 9.81. The van der Waals surface area contributed by atoms with E-state index >= 15 is 0 Å². The summed E-state index contributed by atoms with van der Waals surface area (Å²) in [6.07, 6.45) is 8.38. The highest BCUT2D eigenvalue weighted by molar-refractivity contribution is 5.79. The summed E-state index contributed by atoms with van der Waals surface area (Å²) in [6, 6.07) is 0.591. The number of aliphatic imine (C=N–C) groups is 1. The molecule has 0 aromatic heterocycles. The zero-order valence-electron chi connectivity index (χ0n) is 9.08. The number of nitrogens with zero attached hydrogens (tertiary/aromatic N) is 2. The van der Waals surface area contributed by atoms with Crippen LogP contribution in [0.3, 0.4) is 0 Å². The van der Waals surface area contributed by atoms with Gasteiger partial charge in [0.25, 0.3) is 0 Å². The second-order valence-corrected chi connectivity index (χ2v) is 4.63. The lowest BCUT2D eigenvalue weighted by Crippen LogP contribution is -2.41. The topological polar surface area (TPSA) is 41.6 Å². The summed E-state index contributed by atoms with van der Waals surface area (Å²) in [4.78, 5) is 6.50. The number of nitrogens with two attached hydrogens (primary N) is 1. The van der Waals surface area contributed by atoms with Crippen LogP contribution in [0.25, 0.3) is 0 Å². The van der Waals surface area contributed by atoms with Crippen LogP contribution in [-0.4, -0.2) is 30.5 Å². The molecule has 1 aliphatic heterocycles. The van der Waals surface area contributed by atoms with Crippen LogP contribution in [0, 0.1) is 5.92 Å². The molecule has 1 atom stereocenters. The molecule has 2 rings (SSSR count). The van der Waals surface area contributed by atoms with Crippen molar-refractivity contribution < 1.29 is 0 Å². The first-order chi connectivity index (χ1) is 6.79. The summed E-state index contributed by atoms with van der Waals surface area (Å²) in [5.41, 5.74) is 5.79. The molecule has 2 aliphatic rings. The molecule has 0 radical (unpaired) electrons. The first-order valence-electron chi connectivity index (χ1n) is 5.82. The summed E-state index contributed by atoms with van der Waals surface area (Å²) in [6.45, 7) is 0.924. The van der Waals surface area contributed by atoms with E-state index in [0.29, 0.717) is 6.04 Å². The van der Waals surface area contributed by atoms with E-state index in [9.17, 15) is 0 Å². The van der Waals surface area contributed by atoms with Crippen LogP contribution >= 0.6 is 0 Å². The van der Waals surface area contributed by atoms with Gasteiger partial charge in [-0.1, -0.05) is 25.7 Å². The summed E-state index contributed by atoms with van der Waals surface area (Å²) in [5.74, 6) is 1.56. The molecule has 1 saturated carbocycles. The number of hydrogen-bond acceptors (Lipinski definition) is 3. The van der Waals surface area contributed by atoms with Crippen LogP contribution in [0.2, 0.25) is 0 Å². The molecular formula is C11H21N3. The van der Waals surface area contributed by atoms with Gasteiger partial charge in [-0.3, -0.25) is 4.99 Å². The lowest BCUT2D eigenvalue weighted by molar-refractivity contribution is 0.259. The fraction of sp³-hybridized carbons (Fsp3) is 0.909. The van der Waals surface area contributed by atoms with E-state index in [1.807, 2.05) is 0 Å². The Bertz CT molecular complexity index is 217. The van der Waals surface area contributed by atoms with Crippen LogP contribution < -0.4 is 5.73 Å². The standard InChI is InChI=1S/C11H21N3/c1-14-10(8-13-11(14)12)9-6-4-2-3-5-7-9/h9-10H,2-8H2,1H3,(H2,12,13). The normalized spacial score (nSPS) is 30.2. The summed E-state index contributed by atoms with van der Waals surface area (Å²) < 4.78 is 0. The third-order valence-corrected chi connectivity index (χ3v) is 3.74. The van der Waals surface area contributed by atoms with Gasteiger partial charge in [-0.05, 0) is 18.8 Å². The monoisotopic (exact) mass is 195 g/mol. The lowest BCUT2D eigenvalue weighted by atomic mass is 9.91. The van der Waals surface area contributed by atoms with Crippen molar-refractivity contribution in [1.82, 2.24) is 4.90 Å². The van der Waals surface area contributed by atoms with E-state index in [1.54, 1.807) is 0 Å². The van der Waals surface area contributed by atoms with Gasteiger partial charge < -0.3 is 10.6 Å². The quantitative estimate of drug-likeness (QED) is 0.645. The Morgan fingerprint density at radius 2 is 1.86 bits per heavy atom. The molecule has 0 spiro atoms. The summed E-state index contributed by atoms with van der Waals surface area (Å²) >= 11 is 0. The number of likely N-dealkylation sites (N-methyl/N-ethyl adjacent to an activating group) is 1. The van der Waals surface area contributed by atoms with Gasteiger partial charge in [-0.15, -0.1) is 0 Å². The fourth-order valence-corrected chi connectivity index (χ4v) is 2.75. The van der Waals surface area contributed by atoms with Crippen molar-refractivity contribution in [2.24, 2.45) is 16.6 Å². The van der Waals surface area contributed by atoms with Gasteiger partial charge in [0.2, 0.25) is 0 Å². The highest BCUT2D eigenvalue weighted by Crippen LogP contribution is 2.29. The average molecular weight is 195 g/mol. The smallest absolute Gasteiger partial charge is 0.191 e. The Morgan fingerprint density at radius 1 is 1.21 bits per heavy atom. The van der Waals surface area contributed by atoms with Crippen molar-refractivity contribution in [2.45, 2.75) is 44.6 Å². The molecule has 80 valence electrons. The molecule has 0 saturated heterocycles. The Balaban J connectivity index is 1.94. The zero-order chi connectivity index (χ0) is 9.97. The van der Waals surface area contributed by atoms with Gasteiger partial charge >= 0.3 is 0 Å². The van der Waals surface area contributed by atoms with Crippen LogP contribution in [0.4, 0.5) is 0 Å². The Labute approximate surface area is 86.4 Å². The van der Waals surface area contributed by atoms with Crippen LogP contribution in [-0.2, 0) is 0 Å². The van der Waals surface area contributed by atoms with E-state index in [0.717, 1.165) is 18.4 Å². The highest BCUT2D eigenvalue weighted by atomic mass is 15.3. The van der Waals surface area contributed by atoms with Gasteiger partial charge in [0.05, 0.1) is 12.6 Å². The van der Waals surface area contributed by atoms with Crippen LogP contribution in [0.5, 0.6) is 0 Å². The molecule has 1 unspecified atom stereocenters. The molecule has 3 heteroatoms. The van der Waals surface area contributed by atoms with Crippen LogP contribution in [0.15, 0.2) is 4.99 Å². The molecule has 14 heavy (non-hydrogen) atoms. The maximum atomic E-state index is 5.79. The van der Waals surface area contributed by atoms with E-state index in [4.69, 9.17) is 5.73 Å². The number of guanidine groups is 1. The molecule has 0 aromatic rings. The largest absolute Gasteiger partial charge is 0.370 e. The molecular weight excluding hydrogens is 174 g/mol. The summed E-state index contributed by atoms with van der Waals surface area (Å²) in [5, 5.41) is 0. The molecule has 3 nitrogen and oxygen atoms in total. The van der Waals surface area contributed by atoms with Crippen molar-refractivity contribution in [1.29, 1.82) is 0 Å². The second kappa shape index (κ2) is 4.20. The first-order valence-corrected chi connectivity index (χ1v) is 5.82. The van der Waals surface area contributed by atoms with Crippen molar-refractivity contribution in [3.63, 3.8) is 0 Å². The highest BCUT2D eigenvalue weighted by Gasteiger charge is 2.30. The Hall–Kier alpha value is -0.730. The Morgan fingerprint density at radius 3 is 2.36 bits per heavy atom. The molecule has 1 fully saturated rings. The number of rotatable bonds is 1. The van der Waals surface area contributed by atoms with Crippen molar-refractivity contribution in [2.75, 3.05) is 13.6 Å². The molecule has 2 N–H and O–H groups in total. The van der Waals surface area contributed by atoms with Crippen molar-refractivity contribution in [3.8, 4) is 0 Å². The predicted molar refractivity (Wildman–Crippen MR) is 59.2 cm³/mol. The third-order valence-electron chi connectivity index (χ3n) is 3.74. The molecule has 1 aliphatic carbocycles. The van der Waals surface area contributed by atoms with Gasteiger partial charge in [-0.2, -0.15) is 0 Å². The van der Waals surface area contributed by atoms with Crippen molar-refractivity contribution >= 4 is 5.96 Å². The fourth-order valence-electron chi connectivity index (χ4n) is 2.75. The molecule has 0 amide bonds. The van der Waals surface area contributed by atoms with E-state index in [-0.39, 0.29) is 0 Å². The van der Waals surface area contributed by atoms with E-state index < -0.39 is 0 Å². The minimum Gasteiger partial charge on any atom is -0.370 e. The maximum absolute atomic E-state index is 5.79. The third kappa shape index (κ3) is 1.86. The maximum Gasteiger partial charge on any atom is 0.191 e. The van der Waals surface area contributed by atoms with Crippen LogP contribution in [0.1, 0.15) is 38.5 Å². The Kier molecular flexibility index (Phi) is 2.94. The predicted octanol–water partition coefficient (Wildman–Crippen LogP) is 1.59. The molecule has 0 bridgehead atoms. The van der Waals surface area contributed by atoms with Gasteiger partial charge in [0.1, 0.15) is 0 Å². The molecule has 0 aromatic carbocycles. The van der Waals surface area contributed by atoms with E-state index in [2.05, 4.69) is 16.9 Å². The lowest BCUT2D eigenvalue weighted by Gasteiger charge is -2.28. The number of hydrogen-bond donors (Lipinski definition) is 1. The summed E-state index contributed by atoms with van der Waals surface area (Å²) in [7, 11) is 2.08. The van der Waals surface area contributed by atoms with E-state index in [1.165, 1.54) is 38.5 Å². The minimum atomic E-state index is 0.591.